The summed E-state index contributed by atoms with van der Waals surface area (Å²) >= 11 is -4.45. The van der Waals surface area contributed by atoms with E-state index in [-0.39, 0.29) is 0 Å². The van der Waals surface area contributed by atoms with Gasteiger partial charge in [-0.25, -0.2) is 0 Å². The molecule has 0 saturated carbocycles. The molecule has 0 N–H and O–H groups in total. The van der Waals surface area contributed by atoms with Gasteiger partial charge in [0, 0.05) is 0 Å². The van der Waals surface area contributed by atoms with E-state index in [0.29, 0.717) is 19.8 Å². The molecule has 0 heterocycles. The van der Waals surface area contributed by atoms with E-state index in [1.54, 1.807) is 20.8 Å². The third-order valence-corrected chi connectivity index (χ3v) is 7.29. The van der Waals surface area contributed by atoms with Crippen LogP contribution < -0.4 is 0 Å². The molecule has 6 heteroatoms. The Bertz CT molecular complexity index is 119. The van der Waals surface area contributed by atoms with E-state index in [2.05, 4.69) is 0 Å². The van der Waals surface area contributed by atoms with E-state index in [4.69, 9.17) is 28.6 Å². The Morgan fingerprint density at radius 2 is 1.08 bits per heavy atom. The summed E-state index contributed by atoms with van der Waals surface area (Å²) in [6.07, 6.45) is 0. The fourth-order valence-electron chi connectivity index (χ4n) is 0.806. The van der Waals surface area contributed by atoms with Crippen LogP contribution in [0.4, 0.5) is 0 Å². The maximum absolute atomic E-state index is 5.99. The first-order valence-corrected chi connectivity index (χ1v) is 10.2. The maximum atomic E-state index is 5.99. The van der Waals surface area contributed by atoms with Crippen LogP contribution in [0.3, 0.4) is 0 Å². The molecule has 75 valence electrons. The molecule has 0 aliphatic heterocycles. The van der Waals surface area contributed by atoms with Gasteiger partial charge in [-0.15, -0.1) is 0 Å². The van der Waals surface area contributed by atoms with Gasteiger partial charge in [0.05, 0.1) is 0 Å². The van der Waals surface area contributed by atoms with Crippen molar-refractivity contribution in [3.63, 3.8) is 0 Å². The average Bonchev–Trinajstić information content (AvgIpc) is 1.86. The van der Waals surface area contributed by atoms with E-state index in [1.807, 2.05) is 0 Å². The third-order valence-electron chi connectivity index (χ3n) is 1.11. The Hall–Kier alpha value is 1.17. The first kappa shape index (κ1) is 13.2. The van der Waals surface area contributed by atoms with Crippen molar-refractivity contribution in [1.29, 1.82) is 0 Å². The summed E-state index contributed by atoms with van der Waals surface area (Å²) in [6.45, 7) is 6.57. The molecule has 0 radical (unpaired) electrons. The molecule has 0 atom stereocenters. The van der Waals surface area contributed by atoms with Gasteiger partial charge < -0.3 is 0 Å². The van der Waals surface area contributed by atoms with Gasteiger partial charge >= 0.3 is 83.5 Å². The van der Waals surface area contributed by atoms with Crippen LogP contribution in [0.5, 0.6) is 0 Å². The van der Waals surface area contributed by atoms with Crippen molar-refractivity contribution < 1.29 is 24.3 Å². The molecular weight excluding hydrogens is 239 g/mol. The summed E-state index contributed by atoms with van der Waals surface area (Å²) in [4.78, 5) is 0. The summed E-state index contributed by atoms with van der Waals surface area (Å²) in [6, 6.07) is 0. The fraction of sp³-hybridized carbons (Fsp3) is 1.00. The summed E-state index contributed by atoms with van der Waals surface area (Å²) in [7, 11) is 12.0. The topological polar surface area (TPSA) is 27.7 Å². The standard InChI is InChI=1S/3C2H5O.2ClH.Ti/c3*1-2-3;;;/h3*2H2,1H3;2*1H;/q3*-1;;;+5/p-2. The summed E-state index contributed by atoms with van der Waals surface area (Å²) in [5, 5.41) is 0. The second kappa shape index (κ2) is 5.15. The van der Waals surface area contributed by atoms with Crippen LogP contribution in [0.2, 0.25) is 0 Å². The first-order chi connectivity index (χ1) is 5.46. The first-order valence-electron chi connectivity index (χ1n) is 3.98. The number of hydrogen-bond donors (Lipinski definition) is 0. The van der Waals surface area contributed by atoms with Crippen LogP contribution >= 0.6 is 18.6 Å². The summed E-state index contributed by atoms with van der Waals surface area (Å²) < 4.78 is 15.5. The summed E-state index contributed by atoms with van der Waals surface area (Å²) in [5.41, 5.74) is 0. The summed E-state index contributed by atoms with van der Waals surface area (Å²) in [5.74, 6) is 0. The molecule has 0 unspecified atom stereocenters. The Labute approximate surface area is 83.3 Å². The molecular formula is C6H15Cl2O3Ti. The van der Waals surface area contributed by atoms with Gasteiger partial charge in [-0.05, 0) is 0 Å². The van der Waals surface area contributed by atoms with Crippen LogP contribution in [-0.4, -0.2) is 19.8 Å². The van der Waals surface area contributed by atoms with Crippen molar-refractivity contribution in [2.45, 2.75) is 20.8 Å². The van der Waals surface area contributed by atoms with E-state index < -0.39 is 14.3 Å². The Morgan fingerprint density at radius 3 is 1.25 bits per heavy atom. The third kappa shape index (κ3) is 4.42. The SMILES string of the molecule is CC[O][Ti]([Cl])([Cl])([O]CC)[O]CC. The molecule has 0 aromatic heterocycles. The number of rotatable bonds is 6. The zero-order chi connectivity index (χ0) is 9.69. The van der Waals surface area contributed by atoms with Crippen molar-refractivity contribution in [2.24, 2.45) is 0 Å². The second-order valence-corrected chi connectivity index (χ2v) is 12.1. The van der Waals surface area contributed by atoms with Crippen LogP contribution in [0, 0.1) is 0 Å². The predicted molar refractivity (Wildman–Crippen MR) is 46.6 cm³/mol. The van der Waals surface area contributed by atoms with Crippen molar-refractivity contribution in [2.75, 3.05) is 19.8 Å². The Balaban J connectivity index is 4.31. The normalized spacial score (nSPS) is 15.6. The predicted octanol–water partition coefficient (Wildman–Crippen LogP) is 2.84. The van der Waals surface area contributed by atoms with Gasteiger partial charge in [0.25, 0.3) is 0 Å². The van der Waals surface area contributed by atoms with E-state index >= 15 is 0 Å². The molecule has 0 spiro atoms. The Morgan fingerprint density at radius 1 is 0.833 bits per heavy atom. The molecule has 0 aliphatic rings. The molecule has 0 aliphatic carbocycles. The molecule has 0 aromatic rings. The van der Waals surface area contributed by atoms with Crippen LogP contribution in [0.1, 0.15) is 20.8 Å². The van der Waals surface area contributed by atoms with E-state index in [0.717, 1.165) is 0 Å². The van der Waals surface area contributed by atoms with Crippen LogP contribution in [0.15, 0.2) is 0 Å². The van der Waals surface area contributed by atoms with Gasteiger partial charge in [0.1, 0.15) is 0 Å². The van der Waals surface area contributed by atoms with Gasteiger partial charge in [0.15, 0.2) is 0 Å². The minimum atomic E-state index is -4.45. The molecule has 0 bridgehead atoms. The van der Waals surface area contributed by atoms with Crippen molar-refractivity contribution in [3.05, 3.63) is 0 Å². The number of hydrogen-bond acceptors (Lipinski definition) is 3. The molecule has 12 heavy (non-hydrogen) atoms. The molecule has 0 amide bonds. The van der Waals surface area contributed by atoms with Gasteiger partial charge in [0.2, 0.25) is 0 Å². The van der Waals surface area contributed by atoms with Crippen molar-refractivity contribution in [1.82, 2.24) is 0 Å². The van der Waals surface area contributed by atoms with Crippen LogP contribution in [-0.2, 0) is 24.3 Å². The molecule has 0 aromatic carbocycles. The van der Waals surface area contributed by atoms with E-state index in [1.165, 1.54) is 0 Å². The molecule has 0 fully saturated rings. The van der Waals surface area contributed by atoms with Gasteiger partial charge in [-0.1, -0.05) is 0 Å². The van der Waals surface area contributed by atoms with E-state index in [9.17, 15) is 0 Å². The van der Waals surface area contributed by atoms with Gasteiger partial charge in [-0.2, -0.15) is 0 Å². The Kier molecular flexibility index (Phi) is 5.66. The zero-order valence-corrected chi connectivity index (χ0v) is 10.7. The zero-order valence-electron chi connectivity index (χ0n) is 7.60. The van der Waals surface area contributed by atoms with Gasteiger partial charge in [-0.3, -0.25) is 0 Å². The molecule has 3 nitrogen and oxygen atoms in total. The molecule has 0 rings (SSSR count). The second-order valence-electron chi connectivity index (χ2n) is 2.08. The van der Waals surface area contributed by atoms with Crippen molar-refractivity contribution >= 4 is 18.6 Å². The molecule has 0 saturated heterocycles. The monoisotopic (exact) mass is 253 g/mol. The number of halogens is 2. The quantitative estimate of drug-likeness (QED) is 0.682. The van der Waals surface area contributed by atoms with Crippen LogP contribution in [0.25, 0.3) is 0 Å². The average molecular weight is 254 g/mol. The minimum absolute atomic E-state index is 0.393. The van der Waals surface area contributed by atoms with Crippen molar-refractivity contribution in [3.8, 4) is 0 Å². The fourth-order valence-corrected chi connectivity index (χ4v) is 6.02.